The zero-order valence-corrected chi connectivity index (χ0v) is 20.9. The van der Waals surface area contributed by atoms with Gasteiger partial charge in [-0.25, -0.2) is 4.68 Å². The van der Waals surface area contributed by atoms with Crippen molar-refractivity contribution in [2.24, 2.45) is 0 Å². The number of tetrazole rings is 1. The molecule has 2 aliphatic rings. The highest BCUT2D eigenvalue weighted by molar-refractivity contribution is 6.72. The van der Waals surface area contributed by atoms with Crippen molar-refractivity contribution >= 4 is 97.9 Å². The first kappa shape index (κ1) is 29.3. The van der Waals surface area contributed by atoms with Crippen LogP contribution in [0.2, 0.25) is 26.1 Å². The Hall–Kier alpha value is -1.73. The van der Waals surface area contributed by atoms with E-state index < -0.39 is 31.5 Å². The summed E-state index contributed by atoms with van der Waals surface area (Å²) in [5.74, 6) is 0.892. The molecule has 1 aliphatic carbocycles. The summed E-state index contributed by atoms with van der Waals surface area (Å²) in [6, 6.07) is 5.52. The lowest BCUT2D eigenvalue weighted by Gasteiger charge is -2.81. The van der Waals surface area contributed by atoms with E-state index in [1.807, 2.05) is 12.1 Å². The lowest BCUT2D eigenvalue weighted by Crippen LogP contribution is -2.73. The van der Waals surface area contributed by atoms with Crippen LogP contribution in [0.15, 0.2) is 18.2 Å². The van der Waals surface area contributed by atoms with Gasteiger partial charge in [-0.2, -0.15) is 0 Å². The van der Waals surface area contributed by atoms with Crippen molar-refractivity contribution in [1.82, 2.24) is 20.2 Å². The molecule has 1 saturated carbocycles. The molecule has 0 unspecified atom stereocenters. The number of fused-ring (bicyclic) bond motifs is 1. The van der Waals surface area contributed by atoms with Crippen molar-refractivity contribution < 1.29 is 9.53 Å². The van der Waals surface area contributed by atoms with Crippen molar-refractivity contribution in [3.8, 4) is 5.75 Å². The fourth-order valence-electron chi connectivity index (χ4n) is 5.01. The SMILES string of the molecule is [B]C1([B])C([B])([B])C([B])([B])C([B])(n2nnnc2CCCCOc2ccc3c(c2)CCC(=O)N3)C([B])([B])C1([B])[B]. The quantitative estimate of drug-likeness (QED) is 0.371. The molecule has 0 spiro atoms. The number of nitrogens with one attached hydrogen (secondary N) is 1. The molecule has 1 N–H and O–H groups in total. The van der Waals surface area contributed by atoms with E-state index in [9.17, 15) is 4.79 Å². The van der Waals surface area contributed by atoms with Gasteiger partial charge in [-0.05, 0) is 53.5 Å². The number of unbranched alkanes of at least 4 members (excludes halogenated alkanes) is 1. The third kappa shape index (κ3) is 3.93. The van der Waals surface area contributed by atoms with E-state index in [0.29, 0.717) is 38.0 Å². The van der Waals surface area contributed by atoms with E-state index in [2.05, 4.69) is 20.8 Å². The molecule has 1 aliphatic heterocycles. The van der Waals surface area contributed by atoms with Gasteiger partial charge in [0.25, 0.3) is 0 Å². The molecule has 4 rings (SSSR count). The number of ether oxygens (including phenoxy) is 1. The average Bonchev–Trinajstić information content (AvgIpc) is 3.30. The van der Waals surface area contributed by atoms with E-state index >= 15 is 0 Å². The molecule has 22 radical (unpaired) electrons. The minimum atomic E-state index is -2.42. The fourth-order valence-corrected chi connectivity index (χ4v) is 5.01. The molecule has 0 atom stereocenters. The van der Waals surface area contributed by atoms with Crippen LogP contribution in [-0.4, -0.2) is 119 Å². The maximum absolute atomic E-state index is 11.5. The molecule has 0 saturated heterocycles. The third-order valence-electron chi connectivity index (χ3n) is 7.90. The largest absolute Gasteiger partial charge is 0.494 e. The van der Waals surface area contributed by atoms with Gasteiger partial charge < -0.3 is 10.1 Å². The second kappa shape index (κ2) is 9.43. The third-order valence-corrected chi connectivity index (χ3v) is 7.90. The Morgan fingerprint density at radius 1 is 0.842 bits per heavy atom. The summed E-state index contributed by atoms with van der Waals surface area (Å²) in [6.07, 6.45) is 2.53. The van der Waals surface area contributed by atoms with Crippen LogP contribution in [0.5, 0.6) is 5.75 Å². The van der Waals surface area contributed by atoms with Crippen LogP contribution >= 0.6 is 0 Å². The Bertz CT molecular complexity index is 1200. The van der Waals surface area contributed by atoms with Gasteiger partial charge in [0.2, 0.25) is 5.91 Å². The molecular weight excluding hydrogens is 461 g/mol. The molecular formula is C20H16B11N5O2. The van der Waals surface area contributed by atoms with Crippen molar-refractivity contribution in [3.05, 3.63) is 29.6 Å². The smallest absolute Gasteiger partial charge is 0.224 e. The Morgan fingerprint density at radius 3 is 2.08 bits per heavy atom. The standard InChI is InChI=1S/C20H16B11N5O2/c21-15(22)16(23,24)18(27,28)20(31,19(29,30)17(15,25)26)36-13(33-34-35-36)3-1-2-8-38-11-5-6-12-10(9-11)4-7-14(37)32-12/h5-6,9H,1-4,7-8H2,(H,32,37). The molecule has 166 valence electrons. The van der Waals surface area contributed by atoms with Gasteiger partial charge in [0.05, 0.1) is 85.1 Å². The normalized spacial score (nSPS) is 23.5. The molecule has 18 heteroatoms. The summed E-state index contributed by atoms with van der Waals surface area (Å²) in [7, 11) is 69.2. The van der Waals surface area contributed by atoms with Gasteiger partial charge >= 0.3 is 0 Å². The summed E-state index contributed by atoms with van der Waals surface area (Å²) in [5.41, 5.74) is -0.541. The van der Waals surface area contributed by atoms with E-state index in [0.717, 1.165) is 15.9 Å². The van der Waals surface area contributed by atoms with Gasteiger partial charge in [0.1, 0.15) is 13.6 Å². The van der Waals surface area contributed by atoms with Crippen LogP contribution in [0.1, 0.15) is 30.7 Å². The van der Waals surface area contributed by atoms with Crippen molar-refractivity contribution in [2.45, 2.75) is 63.6 Å². The highest BCUT2D eigenvalue weighted by Crippen LogP contribution is 2.82. The van der Waals surface area contributed by atoms with E-state index in [1.165, 1.54) is 0 Å². The number of carbonyl (C=O) groups is 1. The van der Waals surface area contributed by atoms with Crippen molar-refractivity contribution in [1.29, 1.82) is 0 Å². The molecule has 1 aromatic carbocycles. The van der Waals surface area contributed by atoms with E-state index in [-0.39, 0.29) is 18.2 Å². The van der Waals surface area contributed by atoms with E-state index in [1.54, 1.807) is 6.07 Å². The predicted molar refractivity (Wildman–Crippen MR) is 154 cm³/mol. The summed E-state index contributed by atoms with van der Waals surface area (Å²) in [4.78, 5) is 11.5. The zero-order chi connectivity index (χ0) is 28.4. The number of carbonyl (C=O) groups excluding carboxylic acids is 1. The van der Waals surface area contributed by atoms with Crippen molar-refractivity contribution in [2.75, 3.05) is 11.9 Å². The Labute approximate surface area is 238 Å². The number of rotatable bonds is 7. The first-order valence-corrected chi connectivity index (χ1v) is 11.9. The van der Waals surface area contributed by atoms with Crippen LogP contribution in [0, 0.1) is 0 Å². The summed E-state index contributed by atoms with van der Waals surface area (Å²) in [6.45, 7) is 0.391. The minimum absolute atomic E-state index is 0.00151. The predicted octanol–water partition coefficient (Wildman–Crippen LogP) is -1.94. The summed E-state index contributed by atoms with van der Waals surface area (Å²) < 4.78 is 6.88. The highest BCUT2D eigenvalue weighted by Gasteiger charge is 2.70. The van der Waals surface area contributed by atoms with Gasteiger partial charge in [-0.1, -0.05) is 10.4 Å². The van der Waals surface area contributed by atoms with E-state index in [4.69, 9.17) is 91.0 Å². The number of hydrogen-bond acceptors (Lipinski definition) is 5. The molecule has 38 heavy (non-hydrogen) atoms. The monoisotopic (exact) mass is 479 g/mol. The number of nitrogens with zero attached hydrogens (tertiary/aromatic N) is 4. The van der Waals surface area contributed by atoms with Crippen LogP contribution in [0.4, 0.5) is 5.69 Å². The lowest BCUT2D eigenvalue weighted by molar-refractivity contribution is -0.116. The van der Waals surface area contributed by atoms with Crippen LogP contribution in [-0.2, 0) is 23.1 Å². The van der Waals surface area contributed by atoms with Crippen LogP contribution in [0.3, 0.4) is 0 Å². The number of aromatic nitrogens is 4. The molecule has 1 amide bonds. The summed E-state index contributed by atoms with van der Waals surface area (Å²) >= 11 is 0. The van der Waals surface area contributed by atoms with Gasteiger partial charge in [0.15, 0.2) is 5.82 Å². The van der Waals surface area contributed by atoms with Gasteiger partial charge in [-0.3, -0.25) is 4.79 Å². The average molecular weight is 477 g/mol. The molecule has 1 aromatic heterocycles. The van der Waals surface area contributed by atoms with Gasteiger partial charge in [0, 0.05) is 24.0 Å². The lowest BCUT2D eigenvalue weighted by atomic mass is 8.97. The first-order chi connectivity index (χ1) is 17.4. The first-order valence-electron chi connectivity index (χ1n) is 11.9. The molecule has 1 fully saturated rings. The number of hydrogen-bond donors (Lipinski definition) is 1. The molecule has 2 aromatic rings. The maximum Gasteiger partial charge on any atom is 0.224 e. The van der Waals surface area contributed by atoms with Crippen LogP contribution in [0.25, 0.3) is 0 Å². The second-order valence-electron chi connectivity index (χ2n) is 10.3. The topological polar surface area (TPSA) is 81.9 Å². The Morgan fingerprint density at radius 2 is 1.45 bits per heavy atom. The second-order valence-corrected chi connectivity index (χ2v) is 10.3. The minimum Gasteiger partial charge on any atom is -0.494 e. The maximum atomic E-state index is 11.5. The Kier molecular flexibility index (Phi) is 7.26. The molecule has 7 nitrogen and oxygen atoms in total. The number of anilines is 1. The van der Waals surface area contributed by atoms with Crippen LogP contribution < -0.4 is 10.1 Å². The number of aryl methyl sites for hydroxylation is 2. The van der Waals surface area contributed by atoms with Gasteiger partial charge in [-0.15, -0.1) is 20.7 Å². The highest BCUT2D eigenvalue weighted by atomic mass is 16.5. The number of amides is 1. The number of benzene rings is 1. The zero-order valence-electron chi connectivity index (χ0n) is 20.9. The molecule has 2 heterocycles. The fraction of sp³-hybridized carbons (Fsp3) is 0.600. The van der Waals surface area contributed by atoms with Crippen molar-refractivity contribution in [3.63, 3.8) is 0 Å². The Balaban J connectivity index is 1.49. The molecule has 0 bridgehead atoms. The summed E-state index contributed by atoms with van der Waals surface area (Å²) in [5, 5.41) is 2.39.